The van der Waals surface area contributed by atoms with E-state index >= 15 is 0 Å². The quantitative estimate of drug-likeness (QED) is 0.408. The normalized spacial score (nSPS) is 17.5. The minimum absolute atomic E-state index is 0.000957. The first-order valence-corrected chi connectivity index (χ1v) is 12.7. The molecule has 0 N–H and O–H groups in total. The Morgan fingerprint density at radius 1 is 1.16 bits per heavy atom. The van der Waals surface area contributed by atoms with Gasteiger partial charge in [0, 0.05) is 20.1 Å². The standard InChI is InChI=1S/C29H34FN3O5/c1-20(2)27-26(21(3)38-31-27)28(35)33-14-15-37-29(18-33,19-36-24-12-10-23(30)11-13-24)16-25(34)32(4)17-22-8-6-5-7-9-22/h5-13,20H,14-19H2,1-4H3/t29-/m0/s1. The Labute approximate surface area is 222 Å². The molecule has 8 nitrogen and oxygen atoms in total. The van der Waals surface area contributed by atoms with Crippen molar-refractivity contribution in [3.63, 3.8) is 0 Å². The lowest BCUT2D eigenvalue weighted by Crippen LogP contribution is -2.58. The van der Waals surface area contributed by atoms with Crippen LogP contribution in [-0.2, 0) is 16.1 Å². The highest BCUT2D eigenvalue weighted by molar-refractivity contribution is 5.96. The monoisotopic (exact) mass is 523 g/mol. The highest BCUT2D eigenvalue weighted by Crippen LogP contribution is 2.29. The van der Waals surface area contributed by atoms with Crippen molar-refractivity contribution in [3.8, 4) is 5.75 Å². The first-order valence-electron chi connectivity index (χ1n) is 12.7. The molecule has 2 amide bonds. The van der Waals surface area contributed by atoms with E-state index in [1.165, 1.54) is 24.3 Å². The van der Waals surface area contributed by atoms with Crippen molar-refractivity contribution in [1.82, 2.24) is 15.0 Å². The van der Waals surface area contributed by atoms with Gasteiger partial charge in [-0.2, -0.15) is 0 Å². The number of aromatic nitrogens is 1. The third-order valence-corrected chi connectivity index (χ3v) is 6.66. The van der Waals surface area contributed by atoms with Gasteiger partial charge in [-0.25, -0.2) is 4.39 Å². The summed E-state index contributed by atoms with van der Waals surface area (Å²) < 4.78 is 30.9. The Hall–Kier alpha value is -3.72. The molecule has 0 saturated carbocycles. The summed E-state index contributed by atoms with van der Waals surface area (Å²) in [7, 11) is 1.74. The third kappa shape index (κ3) is 6.39. The van der Waals surface area contributed by atoms with E-state index in [-0.39, 0.29) is 49.7 Å². The van der Waals surface area contributed by atoms with E-state index in [9.17, 15) is 14.0 Å². The molecule has 1 aliphatic heterocycles. The second-order valence-corrected chi connectivity index (χ2v) is 10.1. The molecule has 0 spiro atoms. The predicted octanol–water partition coefficient (Wildman–Crippen LogP) is 4.58. The van der Waals surface area contributed by atoms with Crippen molar-refractivity contribution in [2.45, 2.75) is 45.3 Å². The highest BCUT2D eigenvalue weighted by Gasteiger charge is 2.43. The summed E-state index contributed by atoms with van der Waals surface area (Å²) in [5.74, 6) is 0.173. The fourth-order valence-corrected chi connectivity index (χ4v) is 4.57. The Kier molecular flexibility index (Phi) is 8.46. The van der Waals surface area contributed by atoms with E-state index in [4.69, 9.17) is 14.0 Å². The van der Waals surface area contributed by atoms with E-state index in [1.54, 1.807) is 23.8 Å². The first kappa shape index (κ1) is 27.3. The van der Waals surface area contributed by atoms with Crippen LogP contribution in [0, 0.1) is 12.7 Å². The van der Waals surface area contributed by atoms with Crippen LogP contribution in [0.2, 0.25) is 0 Å². The summed E-state index contributed by atoms with van der Waals surface area (Å²) in [4.78, 5) is 30.4. The van der Waals surface area contributed by atoms with Crippen molar-refractivity contribution in [3.05, 3.63) is 83.0 Å². The first-order chi connectivity index (χ1) is 18.2. The smallest absolute Gasteiger partial charge is 0.259 e. The van der Waals surface area contributed by atoms with Crippen LogP contribution < -0.4 is 4.74 Å². The van der Waals surface area contributed by atoms with Crippen molar-refractivity contribution in [2.75, 3.05) is 33.4 Å². The van der Waals surface area contributed by atoms with Gasteiger partial charge < -0.3 is 23.8 Å². The molecular formula is C29H34FN3O5. The lowest BCUT2D eigenvalue weighted by molar-refractivity contribution is -0.152. The van der Waals surface area contributed by atoms with Gasteiger partial charge >= 0.3 is 0 Å². The van der Waals surface area contributed by atoms with Crippen LogP contribution in [0.5, 0.6) is 5.75 Å². The molecule has 2 heterocycles. The fourth-order valence-electron chi connectivity index (χ4n) is 4.57. The number of aryl methyl sites for hydroxylation is 1. The summed E-state index contributed by atoms with van der Waals surface area (Å²) in [6, 6.07) is 15.4. The number of morpholine rings is 1. The number of hydrogen-bond acceptors (Lipinski definition) is 6. The average Bonchev–Trinajstić information content (AvgIpc) is 3.30. The lowest BCUT2D eigenvalue weighted by Gasteiger charge is -2.42. The van der Waals surface area contributed by atoms with Gasteiger partial charge in [0.25, 0.3) is 5.91 Å². The Balaban J connectivity index is 1.56. The predicted molar refractivity (Wildman–Crippen MR) is 139 cm³/mol. The van der Waals surface area contributed by atoms with Crippen molar-refractivity contribution < 1.29 is 28.0 Å². The van der Waals surface area contributed by atoms with Crippen LogP contribution in [0.25, 0.3) is 0 Å². The number of nitrogens with zero attached hydrogens (tertiary/aromatic N) is 3. The number of halogens is 1. The average molecular weight is 524 g/mol. The van der Waals surface area contributed by atoms with Gasteiger partial charge in [-0.1, -0.05) is 49.3 Å². The molecule has 4 rings (SSSR count). The van der Waals surface area contributed by atoms with Crippen LogP contribution in [0.3, 0.4) is 0 Å². The van der Waals surface area contributed by atoms with E-state index in [2.05, 4.69) is 5.16 Å². The number of ether oxygens (including phenoxy) is 2. The second kappa shape index (κ2) is 11.8. The molecule has 1 saturated heterocycles. The Morgan fingerprint density at radius 2 is 1.87 bits per heavy atom. The summed E-state index contributed by atoms with van der Waals surface area (Å²) in [5, 5.41) is 4.09. The summed E-state index contributed by atoms with van der Waals surface area (Å²) in [5.41, 5.74) is 0.951. The molecule has 0 radical (unpaired) electrons. The van der Waals surface area contributed by atoms with Crippen LogP contribution in [0.15, 0.2) is 59.1 Å². The van der Waals surface area contributed by atoms with Crippen LogP contribution in [0.1, 0.15) is 53.6 Å². The molecular weight excluding hydrogens is 489 g/mol. The van der Waals surface area contributed by atoms with Crippen LogP contribution in [0.4, 0.5) is 4.39 Å². The van der Waals surface area contributed by atoms with Gasteiger partial charge in [0.1, 0.15) is 35.1 Å². The molecule has 1 atom stereocenters. The fraction of sp³-hybridized carbons (Fsp3) is 0.414. The number of carbonyl (C=O) groups is 2. The molecule has 1 aromatic heterocycles. The van der Waals surface area contributed by atoms with E-state index in [1.807, 2.05) is 44.2 Å². The molecule has 0 aliphatic carbocycles. The minimum Gasteiger partial charge on any atom is -0.490 e. The van der Waals surface area contributed by atoms with Gasteiger partial charge in [0.2, 0.25) is 5.91 Å². The highest BCUT2D eigenvalue weighted by atomic mass is 19.1. The SMILES string of the molecule is Cc1onc(C(C)C)c1C(=O)N1CCO[C@@](COc2ccc(F)cc2)(CC(=O)N(C)Cc2ccccc2)C1. The molecule has 1 fully saturated rings. The molecule has 3 aromatic rings. The van der Waals surface area contributed by atoms with E-state index in [0.29, 0.717) is 35.9 Å². The maximum atomic E-state index is 13.7. The van der Waals surface area contributed by atoms with E-state index < -0.39 is 5.60 Å². The number of benzene rings is 2. The molecule has 38 heavy (non-hydrogen) atoms. The van der Waals surface area contributed by atoms with Crippen molar-refractivity contribution in [2.24, 2.45) is 0 Å². The number of carbonyl (C=O) groups excluding carboxylic acids is 2. The van der Waals surface area contributed by atoms with Gasteiger partial charge in [-0.3, -0.25) is 9.59 Å². The zero-order valence-corrected chi connectivity index (χ0v) is 22.3. The summed E-state index contributed by atoms with van der Waals surface area (Å²) in [6.07, 6.45) is 0.000957. The molecule has 9 heteroatoms. The molecule has 202 valence electrons. The van der Waals surface area contributed by atoms with Gasteiger partial charge in [-0.15, -0.1) is 0 Å². The van der Waals surface area contributed by atoms with Gasteiger partial charge in [0.05, 0.1) is 25.3 Å². The maximum Gasteiger partial charge on any atom is 0.259 e. The summed E-state index contributed by atoms with van der Waals surface area (Å²) in [6.45, 7) is 6.80. The zero-order valence-electron chi connectivity index (χ0n) is 22.3. The largest absolute Gasteiger partial charge is 0.490 e. The van der Waals surface area contributed by atoms with Gasteiger partial charge in [0.15, 0.2) is 0 Å². The number of amides is 2. The molecule has 1 aliphatic rings. The lowest BCUT2D eigenvalue weighted by atomic mass is 9.95. The number of rotatable bonds is 9. The molecule has 0 unspecified atom stereocenters. The number of hydrogen-bond donors (Lipinski definition) is 0. The minimum atomic E-state index is -1.10. The molecule has 0 bridgehead atoms. The zero-order chi connectivity index (χ0) is 27.3. The van der Waals surface area contributed by atoms with E-state index in [0.717, 1.165) is 5.56 Å². The van der Waals surface area contributed by atoms with Crippen molar-refractivity contribution >= 4 is 11.8 Å². The van der Waals surface area contributed by atoms with Crippen LogP contribution >= 0.6 is 0 Å². The van der Waals surface area contributed by atoms with Crippen molar-refractivity contribution in [1.29, 1.82) is 0 Å². The Morgan fingerprint density at radius 3 is 2.55 bits per heavy atom. The second-order valence-electron chi connectivity index (χ2n) is 10.1. The molecule has 2 aromatic carbocycles. The van der Waals surface area contributed by atoms with Gasteiger partial charge in [-0.05, 0) is 42.7 Å². The maximum absolute atomic E-state index is 13.7. The van der Waals surface area contributed by atoms with Crippen LogP contribution in [-0.4, -0.2) is 65.7 Å². The Bertz CT molecular complexity index is 1240. The summed E-state index contributed by atoms with van der Waals surface area (Å²) >= 11 is 0. The third-order valence-electron chi connectivity index (χ3n) is 6.66. The topological polar surface area (TPSA) is 85.1 Å².